The van der Waals surface area contributed by atoms with Crippen LogP contribution in [0, 0.1) is 5.82 Å². The Morgan fingerprint density at radius 2 is 1.76 bits per heavy atom. The van der Waals surface area contributed by atoms with E-state index in [0.29, 0.717) is 36.6 Å². The van der Waals surface area contributed by atoms with Gasteiger partial charge in [-0.1, -0.05) is 12.1 Å². The summed E-state index contributed by atoms with van der Waals surface area (Å²) >= 11 is 0. The van der Waals surface area contributed by atoms with Crippen LogP contribution < -0.4 is 20.9 Å². The Hall–Kier alpha value is -4.25. The minimum atomic E-state index is -0.466. The maximum Gasteiger partial charge on any atom is 0.328 e. The molecule has 2 bridgehead atoms. The highest BCUT2D eigenvalue weighted by Crippen LogP contribution is 2.37. The van der Waals surface area contributed by atoms with Crippen molar-refractivity contribution in [1.82, 2.24) is 20.4 Å². The van der Waals surface area contributed by atoms with Crippen LogP contribution in [0.5, 0.6) is 5.75 Å². The molecule has 10 nitrogen and oxygen atoms in total. The van der Waals surface area contributed by atoms with E-state index in [1.165, 1.54) is 18.2 Å². The van der Waals surface area contributed by atoms with Gasteiger partial charge in [0.25, 0.3) is 0 Å². The summed E-state index contributed by atoms with van der Waals surface area (Å²) in [7, 11) is 0. The average Bonchev–Trinajstić information content (AvgIpc) is 3.12. The number of aromatic hydroxyl groups is 1. The van der Waals surface area contributed by atoms with E-state index in [0.717, 1.165) is 49.4 Å². The molecule has 3 aliphatic heterocycles. The van der Waals surface area contributed by atoms with Crippen molar-refractivity contribution in [3.8, 4) is 17.0 Å². The van der Waals surface area contributed by atoms with Crippen LogP contribution in [-0.2, 0) is 11.3 Å². The molecule has 6 rings (SSSR count). The molecule has 3 saturated heterocycles. The SMILES string of the molecule is Nc1nnc(-c2cc(F)ccc2O)cc1N1CC2CCC(C1)N2Cc1ccc(N2CCC(=O)NC2=O)cc1. The highest BCUT2D eigenvalue weighted by atomic mass is 19.1. The number of phenols is 1. The highest BCUT2D eigenvalue weighted by molar-refractivity contribution is 6.05. The van der Waals surface area contributed by atoms with E-state index < -0.39 is 5.82 Å². The molecule has 0 spiro atoms. The third kappa shape index (κ3) is 4.49. The number of anilines is 3. The number of nitrogens with two attached hydrogens (primary N) is 1. The quantitative estimate of drug-likeness (QED) is 0.472. The van der Waals surface area contributed by atoms with Crippen molar-refractivity contribution in [3.63, 3.8) is 0 Å². The van der Waals surface area contributed by atoms with Crippen molar-refractivity contribution in [2.45, 2.75) is 37.9 Å². The number of hydrogen-bond donors (Lipinski definition) is 3. The van der Waals surface area contributed by atoms with E-state index in [1.807, 2.05) is 24.3 Å². The van der Waals surface area contributed by atoms with E-state index in [4.69, 9.17) is 5.73 Å². The fourth-order valence-corrected chi connectivity index (χ4v) is 5.74. The Kier molecular flexibility index (Phi) is 6.07. The normalized spacial score (nSPS) is 21.6. The van der Waals surface area contributed by atoms with Crippen molar-refractivity contribution >= 4 is 29.1 Å². The number of nitrogen functional groups attached to an aromatic ring is 1. The number of benzene rings is 2. The molecule has 4 heterocycles. The van der Waals surface area contributed by atoms with Gasteiger partial charge in [0.15, 0.2) is 5.82 Å². The van der Waals surface area contributed by atoms with Gasteiger partial charge in [0.2, 0.25) is 5.91 Å². The summed E-state index contributed by atoms with van der Waals surface area (Å²) in [6.45, 7) is 2.70. The Balaban J connectivity index is 1.16. The summed E-state index contributed by atoms with van der Waals surface area (Å²) in [5.41, 5.74) is 9.52. The average molecular weight is 518 g/mol. The van der Waals surface area contributed by atoms with Crippen LogP contribution in [0.2, 0.25) is 0 Å². The van der Waals surface area contributed by atoms with Crippen molar-refractivity contribution < 1.29 is 19.1 Å². The molecule has 2 unspecified atom stereocenters. The third-order valence-electron chi connectivity index (χ3n) is 7.68. The monoisotopic (exact) mass is 517 g/mol. The molecule has 38 heavy (non-hydrogen) atoms. The van der Waals surface area contributed by atoms with Gasteiger partial charge in [-0.3, -0.25) is 19.9 Å². The second-order valence-corrected chi connectivity index (χ2v) is 10.0. The summed E-state index contributed by atoms with van der Waals surface area (Å²) in [5.74, 6) is -0.477. The Morgan fingerprint density at radius 3 is 2.47 bits per heavy atom. The van der Waals surface area contributed by atoms with Crippen LogP contribution >= 0.6 is 0 Å². The lowest BCUT2D eigenvalue weighted by molar-refractivity contribution is -0.120. The number of halogens is 1. The van der Waals surface area contributed by atoms with Crippen LogP contribution in [0.15, 0.2) is 48.5 Å². The molecule has 3 aromatic rings. The van der Waals surface area contributed by atoms with Crippen molar-refractivity contribution in [1.29, 1.82) is 0 Å². The number of aromatic nitrogens is 2. The third-order valence-corrected chi connectivity index (χ3v) is 7.68. The number of carbonyl (C=O) groups is 2. The van der Waals surface area contributed by atoms with Crippen molar-refractivity contribution in [2.24, 2.45) is 0 Å². The zero-order valence-corrected chi connectivity index (χ0v) is 20.7. The van der Waals surface area contributed by atoms with Crippen LogP contribution in [0.3, 0.4) is 0 Å². The molecular formula is C27H28FN7O3. The van der Waals surface area contributed by atoms with Gasteiger partial charge in [-0.2, -0.15) is 0 Å². The summed E-state index contributed by atoms with van der Waals surface area (Å²) in [5, 5.41) is 20.8. The predicted molar refractivity (Wildman–Crippen MR) is 140 cm³/mol. The second kappa shape index (κ2) is 9.56. The number of phenolic OH excluding ortho intramolecular Hbond substituents is 1. The Morgan fingerprint density at radius 1 is 1.03 bits per heavy atom. The maximum atomic E-state index is 13.8. The van der Waals surface area contributed by atoms with Gasteiger partial charge in [0.1, 0.15) is 11.6 Å². The minimum absolute atomic E-state index is 0.0678. The number of fused-ring (bicyclic) bond motifs is 2. The van der Waals surface area contributed by atoms with Crippen molar-refractivity contribution in [3.05, 3.63) is 59.9 Å². The fraction of sp³-hybridized carbons (Fsp3) is 0.333. The first-order valence-corrected chi connectivity index (χ1v) is 12.7. The maximum absolute atomic E-state index is 13.8. The number of hydrogen-bond acceptors (Lipinski definition) is 8. The molecular weight excluding hydrogens is 489 g/mol. The summed E-state index contributed by atoms with van der Waals surface area (Å²) in [4.78, 5) is 29.9. The Labute approximate surface area is 218 Å². The number of amides is 3. The first kappa shape index (κ1) is 24.1. The molecule has 0 radical (unpaired) electrons. The van der Waals surface area contributed by atoms with E-state index in [9.17, 15) is 19.1 Å². The number of urea groups is 1. The van der Waals surface area contributed by atoms with Gasteiger partial charge < -0.3 is 15.7 Å². The summed E-state index contributed by atoms with van der Waals surface area (Å²) in [6.07, 6.45) is 2.43. The molecule has 2 aromatic carbocycles. The summed E-state index contributed by atoms with van der Waals surface area (Å²) < 4.78 is 13.8. The molecule has 3 amide bonds. The fourth-order valence-electron chi connectivity index (χ4n) is 5.74. The van der Waals surface area contributed by atoms with E-state index in [-0.39, 0.29) is 23.3 Å². The lowest BCUT2D eigenvalue weighted by Crippen LogP contribution is -2.53. The summed E-state index contributed by atoms with van der Waals surface area (Å²) in [6, 6.07) is 13.7. The van der Waals surface area contributed by atoms with E-state index in [2.05, 4.69) is 25.3 Å². The predicted octanol–water partition coefficient (Wildman–Crippen LogP) is 2.87. The molecule has 11 heteroatoms. The lowest BCUT2D eigenvalue weighted by atomic mass is 10.1. The lowest BCUT2D eigenvalue weighted by Gasteiger charge is -2.42. The number of imide groups is 1. The first-order valence-electron chi connectivity index (χ1n) is 12.7. The van der Waals surface area contributed by atoms with Gasteiger partial charge >= 0.3 is 6.03 Å². The van der Waals surface area contributed by atoms with Gasteiger partial charge in [-0.15, -0.1) is 10.2 Å². The number of rotatable bonds is 5. The first-order chi connectivity index (χ1) is 18.4. The molecule has 196 valence electrons. The minimum Gasteiger partial charge on any atom is -0.507 e. The largest absolute Gasteiger partial charge is 0.507 e. The van der Waals surface area contributed by atoms with Crippen LogP contribution in [-0.4, -0.2) is 63.9 Å². The number of carbonyl (C=O) groups excluding carboxylic acids is 2. The van der Waals surface area contributed by atoms with Crippen LogP contribution in [0.1, 0.15) is 24.8 Å². The molecule has 3 aliphatic rings. The van der Waals surface area contributed by atoms with Gasteiger partial charge in [0.05, 0.1) is 11.4 Å². The zero-order valence-electron chi connectivity index (χ0n) is 20.7. The molecule has 3 fully saturated rings. The highest BCUT2D eigenvalue weighted by Gasteiger charge is 2.40. The Bertz CT molecular complexity index is 1390. The zero-order chi connectivity index (χ0) is 26.4. The molecule has 1 aromatic heterocycles. The molecule has 2 atom stereocenters. The smallest absolute Gasteiger partial charge is 0.328 e. The number of piperazine rings is 1. The standard InChI is InChI=1S/C27H28FN7O3/c28-17-3-8-24(36)21(11-17)22-12-23(26(29)32-31-22)33-14-19-6-7-20(15-33)35(19)13-16-1-4-18(5-2-16)34-10-9-25(37)30-27(34)38/h1-5,8,11-12,19-20,36H,6-7,9-10,13-15H2,(H2,29,32)(H,30,37,38). The van der Waals surface area contributed by atoms with Gasteiger partial charge in [-0.25, -0.2) is 9.18 Å². The van der Waals surface area contributed by atoms with Gasteiger partial charge in [-0.05, 0) is 54.8 Å². The number of nitrogens with one attached hydrogen (secondary N) is 1. The topological polar surface area (TPSA) is 128 Å². The second-order valence-electron chi connectivity index (χ2n) is 10.0. The molecule has 0 saturated carbocycles. The van der Waals surface area contributed by atoms with E-state index >= 15 is 0 Å². The van der Waals surface area contributed by atoms with E-state index in [1.54, 1.807) is 11.0 Å². The van der Waals surface area contributed by atoms with Crippen LogP contribution in [0.25, 0.3) is 11.3 Å². The number of nitrogens with zero attached hydrogens (tertiary/aromatic N) is 5. The molecule has 4 N–H and O–H groups in total. The van der Waals surface area contributed by atoms with Crippen molar-refractivity contribution in [2.75, 3.05) is 35.2 Å². The van der Waals surface area contributed by atoms with Crippen LogP contribution in [0.4, 0.5) is 26.4 Å². The van der Waals surface area contributed by atoms with Gasteiger partial charge in [0, 0.05) is 55.9 Å². The molecule has 0 aliphatic carbocycles.